The fourth-order valence-electron chi connectivity index (χ4n) is 3.03. The van der Waals surface area contributed by atoms with Crippen molar-refractivity contribution in [2.24, 2.45) is 4.99 Å². The summed E-state index contributed by atoms with van der Waals surface area (Å²) in [6, 6.07) is 14.0. The second kappa shape index (κ2) is 8.47. The molecule has 2 N–H and O–H groups in total. The standard InChI is InChI=1S/C20H25N5O/c1-3-21-20(25-14-12-16-8-4-5-9-17(16)25)22-13-11-19(26)24-18-10-6-7-15(2)23-18/h4-10H,3,11-14H2,1-2H3,(H,21,22)(H,23,24,26). The molecule has 1 aromatic heterocycles. The Morgan fingerprint density at radius 1 is 1.23 bits per heavy atom. The summed E-state index contributed by atoms with van der Waals surface area (Å²) in [5, 5.41) is 6.15. The molecule has 1 aliphatic heterocycles. The Labute approximate surface area is 154 Å². The highest BCUT2D eigenvalue weighted by Crippen LogP contribution is 2.27. The third kappa shape index (κ3) is 4.39. The average molecular weight is 351 g/mol. The van der Waals surface area contributed by atoms with Crippen molar-refractivity contribution in [1.82, 2.24) is 10.3 Å². The fraction of sp³-hybridized carbons (Fsp3) is 0.350. The summed E-state index contributed by atoms with van der Waals surface area (Å²) in [5.74, 6) is 1.34. The number of pyridine rings is 1. The molecule has 1 aromatic carbocycles. The Morgan fingerprint density at radius 2 is 2.08 bits per heavy atom. The fourth-order valence-corrected chi connectivity index (χ4v) is 3.03. The number of amides is 1. The number of hydrogen-bond acceptors (Lipinski definition) is 3. The van der Waals surface area contributed by atoms with Crippen LogP contribution in [0, 0.1) is 6.92 Å². The van der Waals surface area contributed by atoms with Gasteiger partial charge in [0.25, 0.3) is 0 Å². The molecule has 6 nitrogen and oxygen atoms in total. The highest BCUT2D eigenvalue weighted by molar-refractivity contribution is 5.98. The number of aryl methyl sites for hydroxylation is 1. The molecule has 3 rings (SSSR count). The van der Waals surface area contributed by atoms with Gasteiger partial charge in [-0.3, -0.25) is 9.79 Å². The third-order valence-corrected chi connectivity index (χ3v) is 4.23. The first-order valence-corrected chi connectivity index (χ1v) is 9.04. The van der Waals surface area contributed by atoms with Gasteiger partial charge >= 0.3 is 0 Å². The summed E-state index contributed by atoms with van der Waals surface area (Å²) in [6.07, 6.45) is 1.33. The summed E-state index contributed by atoms with van der Waals surface area (Å²) < 4.78 is 0. The molecule has 0 bridgehead atoms. The zero-order valence-corrected chi connectivity index (χ0v) is 15.3. The SMILES string of the molecule is CCNC(=NCCC(=O)Nc1cccc(C)n1)N1CCc2ccccc21. The molecule has 0 spiro atoms. The summed E-state index contributed by atoms with van der Waals surface area (Å²) in [5.41, 5.74) is 3.41. The zero-order valence-electron chi connectivity index (χ0n) is 15.3. The van der Waals surface area contributed by atoms with E-state index in [1.165, 1.54) is 11.3 Å². The number of carbonyl (C=O) groups excluding carboxylic acids is 1. The highest BCUT2D eigenvalue weighted by atomic mass is 16.1. The van der Waals surface area contributed by atoms with E-state index in [4.69, 9.17) is 0 Å². The molecule has 6 heteroatoms. The van der Waals surface area contributed by atoms with Gasteiger partial charge in [0.1, 0.15) is 5.82 Å². The van der Waals surface area contributed by atoms with Gasteiger partial charge in [-0.25, -0.2) is 4.98 Å². The van der Waals surface area contributed by atoms with E-state index in [1.54, 1.807) is 6.07 Å². The summed E-state index contributed by atoms with van der Waals surface area (Å²) >= 11 is 0. The van der Waals surface area contributed by atoms with Crippen LogP contribution in [0.1, 0.15) is 24.6 Å². The van der Waals surface area contributed by atoms with Crippen LogP contribution < -0.4 is 15.5 Å². The highest BCUT2D eigenvalue weighted by Gasteiger charge is 2.22. The molecule has 0 fully saturated rings. The number of carbonyl (C=O) groups is 1. The molecule has 0 saturated carbocycles. The molecular formula is C20H25N5O. The molecule has 26 heavy (non-hydrogen) atoms. The molecular weight excluding hydrogens is 326 g/mol. The first kappa shape index (κ1) is 17.9. The van der Waals surface area contributed by atoms with Crippen LogP contribution >= 0.6 is 0 Å². The van der Waals surface area contributed by atoms with Crippen LogP contribution in [0.2, 0.25) is 0 Å². The van der Waals surface area contributed by atoms with E-state index in [1.807, 2.05) is 32.0 Å². The minimum absolute atomic E-state index is 0.0791. The Morgan fingerprint density at radius 3 is 2.88 bits per heavy atom. The number of nitrogens with one attached hydrogen (secondary N) is 2. The first-order valence-electron chi connectivity index (χ1n) is 9.04. The number of fused-ring (bicyclic) bond motifs is 1. The van der Waals surface area contributed by atoms with Gasteiger partial charge in [-0.05, 0) is 44.0 Å². The van der Waals surface area contributed by atoms with Gasteiger partial charge in [0.05, 0.1) is 6.54 Å². The van der Waals surface area contributed by atoms with Gasteiger partial charge in [0, 0.05) is 30.9 Å². The van der Waals surface area contributed by atoms with Crippen molar-refractivity contribution in [2.75, 3.05) is 29.9 Å². The van der Waals surface area contributed by atoms with Crippen LogP contribution in [0.4, 0.5) is 11.5 Å². The van der Waals surface area contributed by atoms with Crippen molar-refractivity contribution in [3.63, 3.8) is 0 Å². The average Bonchev–Trinajstić information content (AvgIpc) is 3.05. The maximum Gasteiger partial charge on any atom is 0.227 e. The Bertz CT molecular complexity index is 802. The Kier molecular flexibility index (Phi) is 5.84. The van der Waals surface area contributed by atoms with E-state index in [-0.39, 0.29) is 5.91 Å². The van der Waals surface area contributed by atoms with Crippen LogP contribution in [0.15, 0.2) is 47.5 Å². The molecule has 0 unspecified atom stereocenters. The van der Waals surface area contributed by atoms with Crippen molar-refractivity contribution in [1.29, 1.82) is 0 Å². The van der Waals surface area contributed by atoms with Crippen LogP contribution in [0.5, 0.6) is 0 Å². The second-order valence-electron chi connectivity index (χ2n) is 6.23. The predicted octanol–water partition coefficient (Wildman–Crippen LogP) is 2.75. The van der Waals surface area contributed by atoms with Crippen molar-refractivity contribution < 1.29 is 4.79 Å². The number of para-hydroxylation sites is 1. The van der Waals surface area contributed by atoms with Gasteiger partial charge < -0.3 is 15.5 Å². The van der Waals surface area contributed by atoms with Crippen LogP contribution in [-0.4, -0.2) is 36.5 Å². The summed E-state index contributed by atoms with van der Waals surface area (Å²) in [7, 11) is 0. The van der Waals surface area contributed by atoms with Crippen LogP contribution in [0.3, 0.4) is 0 Å². The number of anilines is 2. The maximum absolute atomic E-state index is 12.1. The van der Waals surface area contributed by atoms with Crippen LogP contribution in [-0.2, 0) is 11.2 Å². The normalized spacial score (nSPS) is 13.5. The lowest BCUT2D eigenvalue weighted by Crippen LogP contribution is -2.40. The van der Waals surface area contributed by atoms with Crippen molar-refractivity contribution in [3.8, 4) is 0 Å². The molecule has 0 aliphatic carbocycles. The summed E-state index contributed by atoms with van der Waals surface area (Å²) in [4.78, 5) is 23.3. The lowest BCUT2D eigenvalue weighted by molar-refractivity contribution is -0.116. The molecule has 2 aromatic rings. The quantitative estimate of drug-likeness (QED) is 0.642. The van der Waals surface area contributed by atoms with Gasteiger partial charge in [-0.2, -0.15) is 0 Å². The first-order chi connectivity index (χ1) is 12.7. The lowest BCUT2D eigenvalue weighted by Gasteiger charge is -2.22. The summed E-state index contributed by atoms with van der Waals surface area (Å²) in [6.45, 7) is 6.07. The van der Waals surface area contributed by atoms with E-state index < -0.39 is 0 Å². The lowest BCUT2D eigenvalue weighted by atomic mass is 10.2. The van der Waals surface area contributed by atoms with E-state index in [2.05, 4.69) is 43.7 Å². The smallest absolute Gasteiger partial charge is 0.227 e. The number of rotatable bonds is 5. The van der Waals surface area contributed by atoms with Crippen molar-refractivity contribution in [3.05, 3.63) is 53.7 Å². The molecule has 0 atom stereocenters. The minimum atomic E-state index is -0.0791. The Balaban J connectivity index is 1.61. The molecule has 1 aliphatic rings. The third-order valence-electron chi connectivity index (χ3n) is 4.23. The maximum atomic E-state index is 12.1. The zero-order chi connectivity index (χ0) is 18.4. The number of guanidine groups is 1. The van der Waals surface area contributed by atoms with E-state index in [0.717, 1.165) is 31.2 Å². The molecule has 1 amide bonds. The number of benzene rings is 1. The van der Waals surface area contributed by atoms with Gasteiger partial charge in [-0.15, -0.1) is 0 Å². The molecule has 136 valence electrons. The number of aliphatic imine (C=N–C) groups is 1. The largest absolute Gasteiger partial charge is 0.356 e. The van der Waals surface area contributed by atoms with Crippen LogP contribution in [0.25, 0.3) is 0 Å². The number of nitrogens with zero attached hydrogens (tertiary/aromatic N) is 3. The Hall–Kier alpha value is -2.89. The number of aromatic nitrogens is 1. The monoisotopic (exact) mass is 351 g/mol. The minimum Gasteiger partial charge on any atom is -0.356 e. The molecule has 2 heterocycles. The van der Waals surface area contributed by atoms with Gasteiger partial charge in [0.2, 0.25) is 5.91 Å². The van der Waals surface area contributed by atoms with Gasteiger partial charge in [-0.1, -0.05) is 24.3 Å². The second-order valence-corrected chi connectivity index (χ2v) is 6.23. The van der Waals surface area contributed by atoms with E-state index in [9.17, 15) is 4.79 Å². The molecule has 0 radical (unpaired) electrons. The topological polar surface area (TPSA) is 69.6 Å². The number of hydrogen-bond donors (Lipinski definition) is 2. The van der Waals surface area contributed by atoms with Gasteiger partial charge in [0.15, 0.2) is 5.96 Å². The van der Waals surface area contributed by atoms with E-state index in [0.29, 0.717) is 18.8 Å². The van der Waals surface area contributed by atoms with Crippen molar-refractivity contribution in [2.45, 2.75) is 26.7 Å². The predicted molar refractivity (Wildman–Crippen MR) is 106 cm³/mol. The van der Waals surface area contributed by atoms with E-state index >= 15 is 0 Å². The van der Waals surface area contributed by atoms with Crippen molar-refractivity contribution >= 4 is 23.4 Å². The molecule has 0 saturated heterocycles.